The molecule has 170 valence electrons. The van der Waals surface area contributed by atoms with Crippen LogP contribution in [-0.2, 0) is 4.79 Å². The molecule has 1 atom stereocenters. The molecule has 0 spiro atoms. The van der Waals surface area contributed by atoms with Crippen LogP contribution in [0.4, 0.5) is 5.69 Å². The fourth-order valence-corrected chi connectivity index (χ4v) is 4.30. The number of rotatable bonds is 5. The third kappa shape index (κ3) is 3.29. The lowest BCUT2D eigenvalue weighted by molar-refractivity contribution is -0.117. The first-order chi connectivity index (χ1) is 16.4. The van der Waals surface area contributed by atoms with Crippen LogP contribution in [-0.4, -0.2) is 29.0 Å². The summed E-state index contributed by atoms with van der Waals surface area (Å²) in [6.45, 7) is 1.82. The van der Waals surface area contributed by atoms with Gasteiger partial charge in [0.05, 0.1) is 24.4 Å². The molecule has 0 fully saturated rings. The first-order valence-electron chi connectivity index (χ1n) is 10.6. The van der Waals surface area contributed by atoms with Crippen LogP contribution in [0.25, 0.3) is 11.0 Å². The number of amides is 1. The van der Waals surface area contributed by atoms with Gasteiger partial charge in [0.15, 0.2) is 22.9 Å². The van der Waals surface area contributed by atoms with Crippen LogP contribution in [0.2, 0.25) is 0 Å². The molecule has 34 heavy (non-hydrogen) atoms. The molecule has 0 bridgehead atoms. The number of hydrogen-bond acceptors (Lipinski definition) is 6. The number of para-hydroxylation sites is 1. The van der Waals surface area contributed by atoms with Crippen molar-refractivity contribution in [2.24, 2.45) is 0 Å². The van der Waals surface area contributed by atoms with E-state index in [9.17, 15) is 19.8 Å². The molecule has 1 aromatic heterocycles. The molecule has 2 heterocycles. The van der Waals surface area contributed by atoms with Crippen molar-refractivity contribution < 1.29 is 29.0 Å². The molecular weight excluding hydrogens is 434 g/mol. The highest BCUT2D eigenvalue weighted by Crippen LogP contribution is 2.45. The van der Waals surface area contributed by atoms with Crippen LogP contribution < -0.4 is 9.64 Å². The van der Waals surface area contributed by atoms with Gasteiger partial charge in [-0.15, -0.1) is 0 Å². The maximum absolute atomic E-state index is 13.7. The number of ketones is 1. The summed E-state index contributed by atoms with van der Waals surface area (Å²) in [4.78, 5) is 28.2. The summed E-state index contributed by atoms with van der Waals surface area (Å²) in [7, 11) is 1.50. The quantitative estimate of drug-likeness (QED) is 0.399. The number of fused-ring (bicyclic) bond motifs is 1. The minimum Gasteiger partial charge on any atom is -0.506 e. The minimum absolute atomic E-state index is 0.0369. The van der Waals surface area contributed by atoms with Gasteiger partial charge in [-0.2, -0.15) is 0 Å². The molecule has 1 aliphatic rings. The summed E-state index contributed by atoms with van der Waals surface area (Å²) in [6.07, 6.45) is 0. The van der Waals surface area contributed by atoms with Crippen LogP contribution in [0, 0.1) is 6.92 Å². The molecule has 0 saturated heterocycles. The number of nitrogens with zero attached hydrogens (tertiary/aromatic N) is 1. The molecule has 0 saturated carbocycles. The zero-order valence-electron chi connectivity index (χ0n) is 18.5. The van der Waals surface area contributed by atoms with Gasteiger partial charge in [-0.05, 0) is 42.3 Å². The Morgan fingerprint density at radius 3 is 2.50 bits per heavy atom. The van der Waals surface area contributed by atoms with Crippen LogP contribution >= 0.6 is 0 Å². The number of ether oxygens (including phenoxy) is 1. The number of benzene rings is 3. The van der Waals surface area contributed by atoms with Gasteiger partial charge in [0.25, 0.3) is 5.91 Å². The molecule has 5 rings (SSSR count). The van der Waals surface area contributed by atoms with Crippen molar-refractivity contribution in [2.45, 2.75) is 13.0 Å². The normalized spacial score (nSPS) is 15.9. The summed E-state index contributed by atoms with van der Waals surface area (Å²) >= 11 is 0. The van der Waals surface area contributed by atoms with Gasteiger partial charge in [-0.25, -0.2) is 0 Å². The number of aryl methyl sites for hydroxylation is 1. The summed E-state index contributed by atoms with van der Waals surface area (Å²) in [5.41, 5.74) is 1.85. The Morgan fingerprint density at radius 1 is 1.00 bits per heavy atom. The Bertz CT molecular complexity index is 1470. The Hall–Kier alpha value is -4.52. The largest absolute Gasteiger partial charge is 0.506 e. The molecule has 7 heteroatoms. The van der Waals surface area contributed by atoms with Crippen molar-refractivity contribution in [3.63, 3.8) is 0 Å². The fourth-order valence-electron chi connectivity index (χ4n) is 4.30. The van der Waals surface area contributed by atoms with Gasteiger partial charge < -0.3 is 19.4 Å². The van der Waals surface area contributed by atoms with E-state index in [1.165, 1.54) is 18.1 Å². The summed E-state index contributed by atoms with van der Waals surface area (Å²) in [6, 6.07) is 19.5. The molecule has 7 nitrogen and oxygen atoms in total. The van der Waals surface area contributed by atoms with Crippen molar-refractivity contribution in [3.8, 4) is 11.5 Å². The Morgan fingerprint density at radius 2 is 1.76 bits per heavy atom. The maximum atomic E-state index is 13.7. The summed E-state index contributed by atoms with van der Waals surface area (Å²) < 4.78 is 11.1. The van der Waals surface area contributed by atoms with E-state index in [0.29, 0.717) is 22.3 Å². The molecule has 1 aliphatic heterocycles. The zero-order chi connectivity index (χ0) is 24.0. The van der Waals surface area contributed by atoms with Crippen molar-refractivity contribution >= 4 is 28.3 Å². The smallest absolute Gasteiger partial charge is 0.294 e. The highest BCUT2D eigenvalue weighted by Gasteiger charge is 2.46. The van der Waals surface area contributed by atoms with Gasteiger partial charge in [0.2, 0.25) is 5.78 Å². The summed E-state index contributed by atoms with van der Waals surface area (Å²) in [5, 5.41) is 22.1. The Labute approximate surface area is 195 Å². The molecule has 1 unspecified atom stereocenters. The lowest BCUT2D eigenvalue weighted by Crippen LogP contribution is -2.31. The lowest BCUT2D eigenvalue weighted by Gasteiger charge is -2.27. The van der Waals surface area contributed by atoms with E-state index in [-0.39, 0.29) is 22.8 Å². The first kappa shape index (κ1) is 21.3. The number of phenols is 1. The molecule has 0 radical (unpaired) electrons. The second-order valence-corrected chi connectivity index (χ2v) is 8.06. The van der Waals surface area contributed by atoms with Gasteiger partial charge in [-0.1, -0.05) is 48.5 Å². The standard InChI is InChI=1S/C27H21NO6/c1-15-11-12-19(29)18(13-15)28-23(16-7-4-3-5-8-16)22(25(31)27(28)32)24(30)21-14-17-9-6-10-20(33-2)26(17)34-21/h3-14,23,29,31H,1-2H3. The fraction of sp³-hybridized carbons (Fsp3) is 0.111. The van der Waals surface area contributed by atoms with Crippen molar-refractivity contribution in [2.75, 3.05) is 12.0 Å². The number of carbonyl (C=O) groups excluding carboxylic acids is 2. The van der Waals surface area contributed by atoms with Gasteiger partial charge in [-0.3, -0.25) is 14.5 Å². The number of aliphatic hydroxyl groups is 1. The van der Waals surface area contributed by atoms with E-state index in [2.05, 4.69) is 0 Å². The SMILES string of the molecule is COc1cccc2cc(C(=O)C3=C(O)C(=O)N(c4cc(C)ccc4O)C3c3ccccc3)oc12. The number of methoxy groups -OCH3 is 1. The highest BCUT2D eigenvalue weighted by atomic mass is 16.5. The van der Waals surface area contributed by atoms with E-state index >= 15 is 0 Å². The van der Waals surface area contributed by atoms with Crippen LogP contribution in [0.5, 0.6) is 11.5 Å². The van der Waals surface area contributed by atoms with Gasteiger partial charge >= 0.3 is 0 Å². The van der Waals surface area contributed by atoms with Crippen LogP contribution in [0.15, 0.2) is 88.5 Å². The van der Waals surface area contributed by atoms with E-state index < -0.39 is 23.5 Å². The maximum Gasteiger partial charge on any atom is 0.294 e. The number of furan rings is 1. The van der Waals surface area contributed by atoms with Crippen molar-refractivity contribution in [1.82, 2.24) is 0 Å². The molecular formula is C27H21NO6. The number of aliphatic hydroxyl groups excluding tert-OH is 1. The highest BCUT2D eigenvalue weighted by molar-refractivity contribution is 6.21. The van der Waals surface area contributed by atoms with E-state index in [0.717, 1.165) is 5.56 Å². The van der Waals surface area contributed by atoms with E-state index in [1.807, 2.05) is 13.0 Å². The number of Topliss-reactive ketones (excluding diaryl/α,β-unsaturated/α-hetero) is 1. The predicted octanol–water partition coefficient (Wildman–Crippen LogP) is 5.24. The van der Waals surface area contributed by atoms with Crippen molar-refractivity contribution in [3.05, 3.63) is 101 Å². The molecule has 4 aromatic rings. The van der Waals surface area contributed by atoms with Crippen LogP contribution in [0.3, 0.4) is 0 Å². The zero-order valence-corrected chi connectivity index (χ0v) is 18.5. The minimum atomic E-state index is -0.969. The summed E-state index contributed by atoms with van der Waals surface area (Å²) in [5.74, 6) is -1.82. The lowest BCUT2D eigenvalue weighted by atomic mass is 9.94. The third-order valence-corrected chi connectivity index (χ3v) is 5.91. The molecule has 3 aromatic carbocycles. The number of hydrogen-bond donors (Lipinski definition) is 2. The molecule has 2 N–H and O–H groups in total. The first-order valence-corrected chi connectivity index (χ1v) is 10.6. The average molecular weight is 455 g/mol. The monoisotopic (exact) mass is 455 g/mol. The average Bonchev–Trinajstić information content (AvgIpc) is 3.40. The molecule has 1 amide bonds. The van der Waals surface area contributed by atoms with Crippen LogP contribution in [0.1, 0.15) is 27.7 Å². The number of aromatic hydroxyl groups is 1. The van der Waals surface area contributed by atoms with E-state index in [4.69, 9.17) is 9.15 Å². The Balaban J connectivity index is 1.68. The second-order valence-electron chi connectivity index (χ2n) is 8.06. The number of anilines is 1. The predicted molar refractivity (Wildman–Crippen MR) is 126 cm³/mol. The molecule has 0 aliphatic carbocycles. The number of carbonyl (C=O) groups is 2. The second kappa shape index (κ2) is 8.12. The van der Waals surface area contributed by atoms with Gasteiger partial charge in [0, 0.05) is 5.39 Å². The van der Waals surface area contributed by atoms with Gasteiger partial charge in [0.1, 0.15) is 5.75 Å². The topological polar surface area (TPSA) is 100 Å². The van der Waals surface area contributed by atoms with Crippen molar-refractivity contribution in [1.29, 1.82) is 0 Å². The number of phenolic OH excluding ortho intramolecular Hbond substituents is 1. The third-order valence-electron chi connectivity index (χ3n) is 5.91. The Kier molecular flexibility index (Phi) is 5.09. The van der Waals surface area contributed by atoms with E-state index in [1.54, 1.807) is 60.7 Å².